The van der Waals surface area contributed by atoms with Crippen LogP contribution in [0.2, 0.25) is 0 Å². The SMILES string of the molecule is CN1C(=O)[C@@H]2CC[C@@H](OCc3ccccc3)[C@H]1C(=O)N2Cc1ccccc1. The van der Waals surface area contributed by atoms with Crippen molar-refractivity contribution in [2.24, 2.45) is 0 Å². The monoisotopic (exact) mass is 364 g/mol. The Kier molecular flexibility index (Phi) is 4.94. The van der Waals surface area contributed by atoms with Gasteiger partial charge in [-0.3, -0.25) is 9.59 Å². The average Bonchev–Trinajstić information content (AvgIpc) is 2.91. The van der Waals surface area contributed by atoms with E-state index in [0.29, 0.717) is 26.0 Å². The van der Waals surface area contributed by atoms with Gasteiger partial charge in [0.05, 0.1) is 12.7 Å². The van der Waals surface area contributed by atoms with E-state index in [2.05, 4.69) is 0 Å². The smallest absolute Gasteiger partial charge is 0.249 e. The number of ether oxygens (including phenoxy) is 1. The van der Waals surface area contributed by atoms with Crippen LogP contribution in [0.5, 0.6) is 0 Å². The molecule has 0 saturated carbocycles. The number of rotatable bonds is 5. The molecule has 5 rings (SSSR count). The fraction of sp³-hybridized carbons (Fsp3) is 0.364. The van der Waals surface area contributed by atoms with Gasteiger partial charge in [-0.15, -0.1) is 0 Å². The van der Waals surface area contributed by atoms with Crippen LogP contribution in [0, 0.1) is 0 Å². The molecule has 3 heterocycles. The second kappa shape index (κ2) is 7.53. The van der Waals surface area contributed by atoms with Crippen molar-refractivity contribution >= 4 is 11.8 Å². The minimum Gasteiger partial charge on any atom is -0.371 e. The zero-order valence-corrected chi connectivity index (χ0v) is 15.5. The largest absolute Gasteiger partial charge is 0.371 e. The molecule has 2 aromatic carbocycles. The van der Waals surface area contributed by atoms with Gasteiger partial charge in [-0.05, 0) is 24.0 Å². The van der Waals surface area contributed by atoms with Crippen LogP contribution in [0.4, 0.5) is 0 Å². The van der Waals surface area contributed by atoms with Crippen molar-refractivity contribution in [3.63, 3.8) is 0 Å². The number of hydrogen-bond donors (Lipinski definition) is 0. The van der Waals surface area contributed by atoms with Crippen molar-refractivity contribution in [3.8, 4) is 0 Å². The van der Waals surface area contributed by atoms with Gasteiger partial charge in [0.25, 0.3) is 0 Å². The molecular formula is C22H24N2O3. The van der Waals surface area contributed by atoms with E-state index < -0.39 is 12.1 Å². The molecule has 0 radical (unpaired) electrons. The maximum atomic E-state index is 13.2. The van der Waals surface area contributed by atoms with Gasteiger partial charge in [-0.1, -0.05) is 60.7 Å². The lowest BCUT2D eigenvalue weighted by Crippen LogP contribution is -2.63. The summed E-state index contributed by atoms with van der Waals surface area (Å²) in [5.74, 6) is 0.00265. The summed E-state index contributed by atoms with van der Waals surface area (Å²) in [5.41, 5.74) is 2.11. The van der Waals surface area contributed by atoms with Gasteiger partial charge >= 0.3 is 0 Å². The highest BCUT2D eigenvalue weighted by Crippen LogP contribution is 2.32. The molecule has 27 heavy (non-hydrogen) atoms. The Labute approximate surface area is 159 Å². The first-order chi connectivity index (χ1) is 13.1. The van der Waals surface area contributed by atoms with Crippen molar-refractivity contribution in [1.82, 2.24) is 9.80 Å². The van der Waals surface area contributed by atoms with Crippen molar-refractivity contribution in [2.45, 2.75) is 44.2 Å². The van der Waals surface area contributed by atoms with Crippen molar-refractivity contribution in [1.29, 1.82) is 0 Å². The Morgan fingerprint density at radius 3 is 2.19 bits per heavy atom. The fourth-order valence-corrected chi connectivity index (χ4v) is 4.08. The molecule has 3 fully saturated rings. The summed E-state index contributed by atoms with van der Waals surface area (Å²) in [7, 11) is 1.72. The minimum absolute atomic E-state index is 0.0125. The van der Waals surface area contributed by atoms with E-state index >= 15 is 0 Å². The van der Waals surface area contributed by atoms with Gasteiger partial charge in [-0.2, -0.15) is 0 Å². The van der Waals surface area contributed by atoms with Crippen LogP contribution in [0.15, 0.2) is 60.7 Å². The standard InChI is InChI=1S/C22H24N2O3/c1-23-20-19(27-15-17-10-6-3-7-11-17)13-12-18(21(23)25)24(22(20)26)14-16-8-4-2-5-9-16/h2-11,18-20H,12-15H2,1H3/t18-,19+,20-/m0/s1. The van der Waals surface area contributed by atoms with E-state index in [1.807, 2.05) is 60.7 Å². The van der Waals surface area contributed by atoms with Crippen LogP contribution in [-0.2, 0) is 27.5 Å². The van der Waals surface area contributed by atoms with Crippen LogP contribution in [0.1, 0.15) is 24.0 Å². The van der Waals surface area contributed by atoms with Gasteiger partial charge in [0.15, 0.2) is 0 Å². The lowest BCUT2D eigenvalue weighted by atomic mass is 10.0. The Morgan fingerprint density at radius 1 is 0.889 bits per heavy atom. The molecule has 2 amide bonds. The number of piperazine rings is 1. The lowest BCUT2D eigenvalue weighted by Gasteiger charge is -2.42. The van der Waals surface area contributed by atoms with E-state index in [1.165, 1.54) is 0 Å². The summed E-state index contributed by atoms with van der Waals surface area (Å²) in [4.78, 5) is 29.4. The van der Waals surface area contributed by atoms with E-state index in [4.69, 9.17) is 4.74 Å². The molecule has 0 aliphatic carbocycles. The Hall–Kier alpha value is -2.66. The number of fused-ring (bicyclic) bond motifs is 4. The zero-order chi connectivity index (χ0) is 18.8. The number of nitrogens with zero attached hydrogens (tertiary/aromatic N) is 2. The quantitative estimate of drug-likeness (QED) is 0.819. The molecule has 0 spiro atoms. The first-order valence-corrected chi connectivity index (χ1v) is 9.42. The Bertz CT molecular complexity index is 809. The highest BCUT2D eigenvalue weighted by atomic mass is 16.5. The third kappa shape index (κ3) is 3.47. The fourth-order valence-electron chi connectivity index (χ4n) is 4.08. The van der Waals surface area contributed by atoms with Crippen molar-refractivity contribution < 1.29 is 14.3 Å². The molecule has 3 atom stereocenters. The second-order valence-electron chi connectivity index (χ2n) is 7.27. The van der Waals surface area contributed by atoms with E-state index in [1.54, 1.807) is 16.8 Å². The molecule has 5 nitrogen and oxygen atoms in total. The van der Waals surface area contributed by atoms with Gasteiger partial charge in [0.1, 0.15) is 12.1 Å². The molecular weight excluding hydrogens is 340 g/mol. The van der Waals surface area contributed by atoms with Gasteiger partial charge in [-0.25, -0.2) is 0 Å². The normalized spacial score (nSPS) is 25.0. The summed E-state index contributed by atoms with van der Waals surface area (Å²) in [6.07, 6.45) is 1.06. The number of carbonyl (C=O) groups is 2. The third-order valence-electron chi connectivity index (χ3n) is 5.54. The summed E-state index contributed by atoms with van der Waals surface area (Å²) < 4.78 is 6.13. The second-order valence-corrected chi connectivity index (χ2v) is 7.27. The van der Waals surface area contributed by atoms with Crippen LogP contribution >= 0.6 is 0 Å². The van der Waals surface area contributed by atoms with Crippen LogP contribution in [0.3, 0.4) is 0 Å². The number of benzene rings is 2. The summed E-state index contributed by atoms with van der Waals surface area (Å²) in [6, 6.07) is 18.8. The van der Waals surface area contributed by atoms with Gasteiger partial charge in [0.2, 0.25) is 11.8 Å². The molecule has 140 valence electrons. The first-order valence-electron chi connectivity index (χ1n) is 9.42. The molecule has 0 aromatic heterocycles. The topological polar surface area (TPSA) is 49.9 Å². The highest BCUT2D eigenvalue weighted by molar-refractivity contribution is 5.97. The predicted molar refractivity (Wildman–Crippen MR) is 102 cm³/mol. The molecule has 2 bridgehead atoms. The maximum Gasteiger partial charge on any atom is 0.249 e. The Balaban J connectivity index is 1.54. The molecule has 0 N–H and O–H groups in total. The minimum atomic E-state index is -0.552. The van der Waals surface area contributed by atoms with Crippen molar-refractivity contribution in [2.75, 3.05) is 7.05 Å². The molecule has 3 aliphatic rings. The van der Waals surface area contributed by atoms with Crippen LogP contribution in [-0.4, -0.2) is 46.8 Å². The molecule has 2 aromatic rings. The number of likely N-dealkylation sites (N-methyl/N-ethyl adjacent to an activating group) is 1. The molecule has 3 aliphatic heterocycles. The highest BCUT2D eigenvalue weighted by Gasteiger charge is 2.50. The van der Waals surface area contributed by atoms with Crippen LogP contribution in [0.25, 0.3) is 0 Å². The predicted octanol–water partition coefficient (Wildman–Crippen LogP) is 2.60. The lowest BCUT2D eigenvalue weighted by molar-refractivity contribution is -0.163. The van der Waals surface area contributed by atoms with Gasteiger partial charge in [0, 0.05) is 13.6 Å². The summed E-state index contributed by atoms with van der Waals surface area (Å²) in [5, 5.41) is 0. The molecule has 0 unspecified atom stereocenters. The summed E-state index contributed by atoms with van der Waals surface area (Å²) >= 11 is 0. The average molecular weight is 364 g/mol. The number of hydrogen-bond acceptors (Lipinski definition) is 3. The molecule has 3 saturated heterocycles. The summed E-state index contributed by atoms with van der Waals surface area (Å²) in [6.45, 7) is 0.909. The first kappa shape index (κ1) is 17.7. The van der Waals surface area contributed by atoms with Gasteiger partial charge < -0.3 is 14.5 Å². The maximum absolute atomic E-state index is 13.2. The number of carbonyl (C=O) groups excluding carboxylic acids is 2. The number of amides is 2. The van der Waals surface area contributed by atoms with Crippen LogP contribution < -0.4 is 0 Å². The third-order valence-corrected chi connectivity index (χ3v) is 5.54. The zero-order valence-electron chi connectivity index (χ0n) is 15.5. The Morgan fingerprint density at radius 2 is 1.52 bits per heavy atom. The van der Waals surface area contributed by atoms with E-state index in [0.717, 1.165) is 11.1 Å². The van der Waals surface area contributed by atoms with E-state index in [-0.39, 0.29) is 17.9 Å². The molecule has 5 heteroatoms. The van der Waals surface area contributed by atoms with Crippen molar-refractivity contribution in [3.05, 3.63) is 71.8 Å². The van der Waals surface area contributed by atoms with E-state index in [9.17, 15) is 9.59 Å².